The van der Waals surface area contributed by atoms with Crippen LogP contribution in [0.25, 0.3) is 0 Å². The number of aryl methyl sites for hydroxylation is 1. The molecule has 0 atom stereocenters. The molecule has 0 aliphatic heterocycles. The highest BCUT2D eigenvalue weighted by Crippen LogP contribution is 2.31. The summed E-state index contributed by atoms with van der Waals surface area (Å²) in [7, 11) is 3.81. The molecule has 2 rings (SSSR count). The number of ether oxygens (including phenoxy) is 1. The molecule has 0 saturated heterocycles. The highest BCUT2D eigenvalue weighted by molar-refractivity contribution is 5.79. The number of carbonyl (C=O) groups excluding carboxylic acids is 1. The van der Waals surface area contributed by atoms with Crippen LogP contribution in [-0.2, 0) is 4.79 Å². The van der Waals surface area contributed by atoms with Gasteiger partial charge in [0.15, 0.2) is 0 Å². The fourth-order valence-corrected chi connectivity index (χ4v) is 2.77. The van der Waals surface area contributed by atoms with Crippen LogP contribution in [0.2, 0.25) is 0 Å². The first kappa shape index (κ1) is 13.9. The summed E-state index contributed by atoms with van der Waals surface area (Å²) in [5.41, 5.74) is 2.38. The fraction of sp³-hybridized carbons (Fsp3) is 0.562. The molecule has 0 bridgehead atoms. The summed E-state index contributed by atoms with van der Waals surface area (Å²) in [4.78, 5) is 13.5. The van der Waals surface area contributed by atoms with Crippen LogP contribution in [0.15, 0.2) is 18.2 Å². The molecule has 1 aromatic carbocycles. The molecule has 1 saturated carbocycles. The van der Waals surface area contributed by atoms with Gasteiger partial charge in [-0.25, -0.2) is 0 Å². The van der Waals surface area contributed by atoms with E-state index in [9.17, 15) is 4.79 Å². The van der Waals surface area contributed by atoms with Crippen LogP contribution in [0.3, 0.4) is 0 Å². The van der Waals surface area contributed by atoms with Crippen molar-refractivity contribution in [3.8, 4) is 5.75 Å². The second kappa shape index (κ2) is 6.09. The molecule has 3 nitrogen and oxygen atoms in total. The topological polar surface area (TPSA) is 29.5 Å². The van der Waals surface area contributed by atoms with E-state index in [1.165, 1.54) is 5.56 Å². The molecule has 0 radical (unpaired) electrons. The Morgan fingerprint density at radius 2 is 2.00 bits per heavy atom. The molecule has 1 aromatic rings. The van der Waals surface area contributed by atoms with Crippen LogP contribution in [0.1, 0.15) is 31.2 Å². The van der Waals surface area contributed by atoms with Gasteiger partial charge in [0.05, 0.1) is 12.8 Å². The van der Waals surface area contributed by atoms with Crippen LogP contribution in [0, 0.1) is 12.8 Å². The van der Waals surface area contributed by atoms with Crippen molar-refractivity contribution < 1.29 is 9.53 Å². The van der Waals surface area contributed by atoms with E-state index in [2.05, 4.69) is 31.0 Å². The molecule has 0 heterocycles. The maximum absolute atomic E-state index is 11.3. The second-order valence-corrected chi connectivity index (χ2v) is 5.54. The molecule has 1 aliphatic rings. The Bertz CT molecular complexity index is 446. The van der Waals surface area contributed by atoms with E-state index in [0.717, 1.165) is 43.7 Å². The van der Waals surface area contributed by atoms with Crippen molar-refractivity contribution in [2.75, 3.05) is 25.6 Å². The zero-order valence-electron chi connectivity index (χ0n) is 12.1. The average Bonchev–Trinajstić information content (AvgIpc) is 2.41. The number of Topliss-reactive ketones (excluding diaryl/α,β-unsaturated/α-hetero) is 1. The van der Waals surface area contributed by atoms with Gasteiger partial charge in [-0.2, -0.15) is 0 Å². The van der Waals surface area contributed by atoms with Crippen molar-refractivity contribution in [3.63, 3.8) is 0 Å². The Kier molecular flexibility index (Phi) is 4.46. The first-order chi connectivity index (χ1) is 9.10. The lowest BCUT2D eigenvalue weighted by Gasteiger charge is -2.29. The molecule has 104 valence electrons. The van der Waals surface area contributed by atoms with E-state index in [0.29, 0.717) is 11.7 Å². The van der Waals surface area contributed by atoms with Gasteiger partial charge in [-0.3, -0.25) is 4.79 Å². The summed E-state index contributed by atoms with van der Waals surface area (Å²) in [6.07, 6.45) is 3.56. The summed E-state index contributed by atoms with van der Waals surface area (Å²) < 4.78 is 5.43. The van der Waals surface area contributed by atoms with Gasteiger partial charge in [-0.1, -0.05) is 6.07 Å². The molecular weight excluding hydrogens is 238 g/mol. The first-order valence-electron chi connectivity index (χ1n) is 6.97. The molecule has 0 N–H and O–H groups in total. The van der Waals surface area contributed by atoms with Crippen molar-refractivity contribution in [2.45, 2.75) is 32.6 Å². The Labute approximate surface area is 115 Å². The highest BCUT2D eigenvalue weighted by Gasteiger charge is 2.21. The van der Waals surface area contributed by atoms with Crippen molar-refractivity contribution in [2.24, 2.45) is 5.92 Å². The number of hydrogen-bond acceptors (Lipinski definition) is 3. The van der Waals surface area contributed by atoms with Gasteiger partial charge >= 0.3 is 0 Å². The SMILES string of the molecule is COc1ccc(C)cc1N(C)CC1CCC(=O)CC1. The van der Waals surface area contributed by atoms with Gasteiger partial charge in [0.1, 0.15) is 11.5 Å². The summed E-state index contributed by atoms with van der Waals surface area (Å²) in [6.45, 7) is 3.09. The molecule has 0 spiro atoms. The summed E-state index contributed by atoms with van der Waals surface area (Å²) in [5.74, 6) is 1.96. The van der Waals surface area contributed by atoms with Gasteiger partial charge in [0, 0.05) is 26.4 Å². The minimum Gasteiger partial charge on any atom is -0.495 e. The third-order valence-corrected chi connectivity index (χ3v) is 3.94. The predicted octanol–water partition coefficient (Wildman–Crippen LogP) is 3.20. The molecule has 0 unspecified atom stereocenters. The number of methoxy groups -OCH3 is 1. The van der Waals surface area contributed by atoms with E-state index in [4.69, 9.17) is 4.74 Å². The number of rotatable bonds is 4. The van der Waals surface area contributed by atoms with Crippen LogP contribution >= 0.6 is 0 Å². The number of nitrogens with zero attached hydrogens (tertiary/aromatic N) is 1. The monoisotopic (exact) mass is 261 g/mol. The third-order valence-electron chi connectivity index (χ3n) is 3.94. The number of anilines is 1. The Morgan fingerprint density at radius 3 is 2.63 bits per heavy atom. The zero-order chi connectivity index (χ0) is 13.8. The van der Waals surface area contributed by atoms with Crippen molar-refractivity contribution >= 4 is 11.5 Å². The normalized spacial score (nSPS) is 16.5. The molecule has 3 heteroatoms. The maximum atomic E-state index is 11.3. The molecule has 1 aliphatic carbocycles. The lowest BCUT2D eigenvalue weighted by molar-refractivity contribution is -0.120. The van der Waals surface area contributed by atoms with Gasteiger partial charge in [-0.05, 0) is 43.4 Å². The first-order valence-corrected chi connectivity index (χ1v) is 6.97. The minimum atomic E-state index is 0.423. The van der Waals surface area contributed by atoms with Gasteiger partial charge in [-0.15, -0.1) is 0 Å². The van der Waals surface area contributed by atoms with Crippen molar-refractivity contribution in [1.82, 2.24) is 0 Å². The highest BCUT2D eigenvalue weighted by atomic mass is 16.5. The van der Waals surface area contributed by atoms with Crippen molar-refractivity contribution in [1.29, 1.82) is 0 Å². The third kappa shape index (κ3) is 3.49. The maximum Gasteiger partial charge on any atom is 0.142 e. The Hall–Kier alpha value is -1.51. The van der Waals surface area contributed by atoms with Gasteiger partial charge in [0.2, 0.25) is 0 Å². The van der Waals surface area contributed by atoms with E-state index in [1.54, 1.807) is 7.11 Å². The van der Waals surface area contributed by atoms with Crippen LogP contribution in [0.5, 0.6) is 5.75 Å². The zero-order valence-corrected chi connectivity index (χ0v) is 12.1. The quantitative estimate of drug-likeness (QED) is 0.833. The van der Waals surface area contributed by atoms with E-state index in [1.807, 2.05) is 6.07 Å². The number of ketones is 1. The predicted molar refractivity (Wildman–Crippen MR) is 78.0 cm³/mol. The fourth-order valence-electron chi connectivity index (χ4n) is 2.77. The van der Waals surface area contributed by atoms with Crippen LogP contribution < -0.4 is 9.64 Å². The Balaban J connectivity index is 2.04. The lowest BCUT2D eigenvalue weighted by atomic mass is 9.88. The number of carbonyl (C=O) groups is 1. The van der Waals surface area contributed by atoms with Gasteiger partial charge < -0.3 is 9.64 Å². The Morgan fingerprint density at radius 1 is 1.32 bits per heavy atom. The van der Waals surface area contributed by atoms with Crippen LogP contribution in [0.4, 0.5) is 5.69 Å². The molecule has 19 heavy (non-hydrogen) atoms. The lowest BCUT2D eigenvalue weighted by Crippen LogP contribution is -2.28. The minimum absolute atomic E-state index is 0.423. The average molecular weight is 261 g/mol. The smallest absolute Gasteiger partial charge is 0.142 e. The van der Waals surface area contributed by atoms with E-state index >= 15 is 0 Å². The summed E-state index contributed by atoms with van der Waals surface area (Å²) >= 11 is 0. The summed E-state index contributed by atoms with van der Waals surface area (Å²) in [6, 6.07) is 6.24. The summed E-state index contributed by atoms with van der Waals surface area (Å²) in [5, 5.41) is 0. The van der Waals surface area contributed by atoms with Crippen molar-refractivity contribution in [3.05, 3.63) is 23.8 Å². The molecule has 0 amide bonds. The molecule has 1 fully saturated rings. The van der Waals surface area contributed by atoms with Crippen LogP contribution in [-0.4, -0.2) is 26.5 Å². The second-order valence-electron chi connectivity index (χ2n) is 5.54. The van der Waals surface area contributed by atoms with E-state index in [-0.39, 0.29) is 0 Å². The number of benzene rings is 1. The van der Waals surface area contributed by atoms with E-state index < -0.39 is 0 Å². The molecular formula is C16H23NO2. The standard InChI is InChI=1S/C16H23NO2/c1-12-4-9-16(19-3)15(10-12)17(2)11-13-5-7-14(18)8-6-13/h4,9-10,13H,5-8,11H2,1-3H3. The number of hydrogen-bond donors (Lipinski definition) is 0. The van der Waals surface area contributed by atoms with Gasteiger partial charge in [0.25, 0.3) is 0 Å². The largest absolute Gasteiger partial charge is 0.495 e. The molecule has 0 aromatic heterocycles.